The van der Waals surface area contributed by atoms with Gasteiger partial charge in [0.1, 0.15) is 17.2 Å². The summed E-state index contributed by atoms with van der Waals surface area (Å²) < 4.78 is 47.9. The topological polar surface area (TPSA) is 97.3 Å². The van der Waals surface area contributed by atoms with Crippen molar-refractivity contribution in [2.75, 3.05) is 18.8 Å². The minimum absolute atomic E-state index is 0.1000. The second-order valence-electron chi connectivity index (χ2n) is 11.6. The van der Waals surface area contributed by atoms with Crippen LogP contribution in [0.15, 0.2) is 77.6 Å². The summed E-state index contributed by atoms with van der Waals surface area (Å²) in [6.45, 7) is 9.96. The Bertz CT molecular complexity index is 1690. The molecule has 10 heteroatoms. The van der Waals surface area contributed by atoms with Gasteiger partial charge in [0.2, 0.25) is 0 Å². The standard InChI is InChI=1S/C32H30F3N5O2/c1-18(4-5-19-6-9-28(36)39-13-19)37-15-23-11-22-10-21(12-24(29(22)42-23)32(33,34)35)27-8-7-20(14-38-27)30(41)40-16-25-26(17-40)31(25,2)3/h4-14,25-26,37H,1,15-17H2,2-3H3,(H2,36,39)/b5-4+. The number of furan rings is 1. The first-order valence-electron chi connectivity index (χ1n) is 13.6. The summed E-state index contributed by atoms with van der Waals surface area (Å²) in [6, 6.07) is 10.9. The lowest BCUT2D eigenvalue weighted by Crippen LogP contribution is -2.32. The molecule has 3 aromatic heterocycles. The molecule has 2 aliphatic rings. The number of amides is 1. The molecule has 2 unspecified atom stereocenters. The molecular weight excluding hydrogens is 543 g/mol. The number of benzene rings is 1. The van der Waals surface area contributed by atoms with E-state index in [9.17, 15) is 18.0 Å². The molecule has 6 rings (SSSR count). The number of halogens is 3. The second-order valence-corrected chi connectivity index (χ2v) is 11.6. The van der Waals surface area contributed by atoms with Gasteiger partial charge in [-0.2, -0.15) is 13.2 Å². The molecule has 0 radical (unpaired) electrons. The number of carbonyl (C=O) groups is 1. The molecule has 2 fully saturated rings. The first-order valence-corrected chi connectivity index (χ1v) is 13.6. The van der Waals surface area contributed by atoms with E-state index in [-0.39, 0.29) is 29.0 Å². The number of carbonyl (C=O) groups excluding carboxylic acids is 1. The molecule has 42 heavy (non-hydrogen) atoms. The molecule has 7 nitrogen and oxygen atoms in total. The molecule has 1 saturated carbocycles. The Morgan fingerprint density at radius 2 is 1.90 bits per heavy atom. The van der Waals surface area contributed by atoms with Crippen LogP contribution in [0.4, 0.5) is 19.0 Å². The second kappa shape index (κ2) is 10.0. The normalized spacial score (nSPS) is 19.3. The van der Waals surface area contributed by atoms with Gasteiger partial charge in [-0.05, 0) is 71.4 Å². The van der Waals surface area contributed by atoms with Crippen molar-refractivity contribution in [2.45, 2.75) is 26.6 Å². The van der Waals surface area contributed by atoms with Crippen LogP contribution in [-0.4, -0.2) is 33.9 Å². The number of nitrogens with two attached hydrogens (primary N) is 1. The molecule has 3 N–H and O–H groups in total. The number of allylic oxidation sites excluding steroid dienone is 1. The third-order valence-corrected chi connectivity index (χ3v) is 8.46. The number of aromatic nitrogens is 2. The van der Waals surface area contributed by atoms with Crippen LogP contribution >= 0.6 is 0 Å². The average molecular weight is 574 g/mol. The van der Waals surface area contributed by atoms with Crippen molar-refractivity contribution in [2.24, 2.45) is 17.3 Å². The van der Waals surface area contributed by atoms with E-state index < -0.39 is 11.7 Å². The number of anilines is 1. The van der Waals surface area contributed by atoms with Crippen molar-refractivity contribution in [3.63, 3.8) is 0 Å². The van der Waals surface area contributed by atoms with Crippen molar-refractivity contribution in [1.29, 1.82) is 0 Å². The zero-order valence-corrected chi connectivity index (χ0v) is 23.2. The Hall–Kier alpha value is -4.60. The third-order valence-electron chi connectivity index (χ3n) is 8.46. The number of nitrogen functional groups attached to an aromatic ring is 1. The van der Waals surface area contributed by atoms with Gasteiger partial charge in [-0.25, -0.2) is 4.98 Å². The van der Waals surface area contributed by atoms with Crippen LogP contribution in [-0.2, 0) is 12.7 Å². The molecule has 2 atom stereocenters. The molecule has 216 valence electrons. The van der Waals surface area contributed by atoms with Gasteiger partial charge < -0.3 is 20.4 Å². The van der Waals surface area contributed by atoms with Gasteiger partial charge in [0.25, 0.3) is 5.91 Å². The lowest BCUT2D eigenvalue weighted by atomic mass is 10.0. The van der Waals surface area contributed by atoms with Gasteiger partial charge in [-0.15, -0.1) is 0 Å². The van der Waals surface area contributed by atoms with Crippen LogP contribution in [0.2, 0.25) is 0 Å². The zero-order chi connectivity index (χ0) is 29.8. The monoisotopic (exact) mass is 573 g/mol. The lowest BCUT2D eigenvalue weighted by Gasteiger charge is -2.22. The largest absolute Gasteiger partial charge is 0.459 e. The molecule has 1 aliphatic heterocycles. The smallest absolute Gasteiger partial charge is 0.420 e. The fourth-order valence-corrected chi connectivity index (χ4v) is 5.80. The molecule has 1 aromatic carbocycles. The molecule has 1 amide bonds. The van der Waals surface area contributed by atoms with Crippen molar-refractivity contribution in [3.05, 3.63) is 95.7 Å². The summed E-state index contributed by atoms with van der Waals surface area (Å²) in [7, 11) is 0. The number of nitrogens with one attached hydrogen (secondary N) is 1. The van der Waals surface area contributed by atoms with E-state index >= 15 is 0 Å². The van der Waals surface area contributed by atoms with Crippen molar-refractivity contribution >= 4 is 28.8 Å². The SMILES string of the molecule is C=C(/C=C/c1ccc(N)nc1)NCc1cc2cc(-c3ccc(C(=O)N4CC5C(C4)C5(C)C)cn3)cc(C(F)(F)F)c2o1. The summed E-state index contributed by atoms with van der Waals surface area (Å²) in [6.07, 6.45) is 1.92. The Labute approximate surface area is 240 Å². The minimum atomic E-state index is -4.64. The summed E-state index contributed by atoms with van der Waals surface area (Å²) in [4.78, 5) is 23.2. The predicted molar refractivity (Wildman–Crippen MR) is 155 cm³/mol. The predicted octanol–water partition coefficient (Wildman–Crippen LogP) is 6.54. The van der Waals surface area contributed by atoms with E-state index in [1.165, 1.54) is 6.20 Å². The Kier molecular flexibility index (Phi) is 6.59. The van der Waals surface area contributed by atoms with Gasteiger partial charge in [-0.1, -0.05) is 26.5 Å². The number of fused-ring (bicyclic) bond motifs is 2. The van der Waals surface area contributed by atoms with Crippen LogP contribution in [0, 0.1) is 17.3 Å². The van der Waals surface area contributed by atoms with E-state index in [0.29, 0.717) is 45.8 Å². The maximum atomic E-state index is 14.1. The molecular formula is C32H30F3N5O2. The Morgan fingerprint density at radius 1 is 1.14 bits per heavy atom. The van der Waals surface area contributed by atoms with Gasteiger partial charge in [-0.3, -0.25) is 9.78 Å². The third kappa shape index (κ3) is 5.24. The Balaban J connectivity index is 1.18. The summed E-state index contributed by atoms with van der Waals surface area (Å²) >= 11 is 0. The molecule has 1 aliphatic carbocycles. The maximum Gasteiger partial charge on any atom is 0.420 e. The van der Waals surface area contributed by atoms with Crippen LogP contribution in [0.3, 0.4) is 0 Å². The van der Waals surface area contributed by atoms with E-state index in [0.717, 1.165) is 24.7 Å². The van der Waals surface area contributed by atoms with Crippen molar-refractivity contribution in [3.8, 4) is 11.3 Å². The van der Waals surface area contributed by atoms with Crippen LogP contribution in [0.5, 0.6) is 0 Å². The van der Waals surface area contributed by atoms with E-state index in [4.69, 9.17) is 10.2 Å². The average Bonchev–Trinajstić information content (AvgIpc) is 3.36. The molecule has 0 bridgehead atoms. The first kappa shape index (κ1) is 27.6. The maximum absolute atomic E-state index is 14.1. The van der Waals surface area contributed by atoms with E-state index in [1.807, 2.05) is 4.90 Å². The molecule has 1 saturated heterocycles. The summed E-state index contributed by atoms with van der Waals surface area (Å²) in [5, 5.41) is 3.34. The highest BCUT2D eigenvalue weighted by Gasteiger charge is 2.62. The number of hydrogen-bond donors (Lipinski definition) is 2. The Morgan fingerprint density at radius 3 is 2.55 bits per heavy atom. The highest BCUT2D eigenvalue weighted by Crippen LogP contribution is 2.62. The molecule has 0 spiro atoms. The van der Waals surface area contributed by atoms with Crippen LogP contribution in [0.1, 0.15) is 41.1 Å². The van der Waals surface area contributed by atoms with Crippen LogP contribution < -0.4 is 11.1 Å². The van der Waals surface area contributed by atoms with Gasteiger partial charge in [0.05, 0.1) is 23.4 Å². The highest BCUT2D eigenvalue weighted by molar-refractivity contribution is 5.95. The van der Waals surface area contributed by atoms with E-state index in [1.54, 1.807) is 54.7 Å². The lowest BCUT2D eigenvalue weighted by molar-refractivity contribution is -0.136. The van der Waals surface area contributed by atoms with Crippen molar-refractivity contribution < 1.29 is 22.4 Å². The van der Waals surface area contributed by atoms with Gasteiger partial charge in [0, 0.05) is 42.1 Å². The number of nitrogens with zero attached hydrogens (tertiary/aromatic N) is 3. The highest BCUT2D eigenvalue weighted by atomic mass is 19.4. The molecule has 4 aromatic rings. The molecule has 4 heterocycles. The van der Waals surface area contributed by atoms with E-state index in [2.05, 4.69) is 35.7 Å². The summed E-state index contributed by atoms with van der Waals surface area (Å²) in [5.74, 6) is 1.68. The zero-order valence-electron chi connectivity index (χ0n) is 23.2. The van der Waals surface area contributed by atoms with Gasteiger partial charge in [0.15, 0.2) is 0 Å². The summed E-state index contributed by atoms with van der Waals surface area (Å²) in [5.41, 5.74) is 7.14. The van der Waals surface area contributed by atoms with Crippen molar-refractivity contribution in [1.82, 2.24) is 20.2 Å². The quantitative estimate of drug-likeness (QED) is 0.244. The number of rotatable bonds is 7. The first-order chi connectivity index (χ1) is 19.9. The number of alkyl halides is 3. The fraction of sp³-hybridized carbons (Fsp3) is 0.281. The van der Waals surface area contributed by atoms with Gasteiger partial charge >= 0.3 is 6.18 Å². The van der Waals surface area contributed by atoms with Crippen LogP contribution in [0.25, 0.3) is 28.3 Å². The number of hydrogen-bond acceptors (Lipinski definition) is 6. The number of piperidine rings is 1. The fourth-order valence-electron chi connectivity index (χ4n) is 5.80. The number of likely N-dealkylation sites (tertiary alicyclic amines) is 1. The minimum Gasteiger partial charge on any atom is -0.459 e. The number of pyridine rings is 2.